The molecule has 1 saturated carbocycles. The minimum absolute atomic E-state index is 0.0102. The lowest BCUT2D eigenvalue weighted by Crippen LogP contribution is -2.54. The summed E-state index contributed by atoms with van der Waals surface area (Å²) in [7, 11) is 0. The number of fused-ring (bicyclic) bond motifs is 4. The first kappa shape index (κ1) is 19.7. The first-order valence-corrected chi connectivity index (χ1v) is 10.8. The molecule has 5 nitrogen and oxygen atoms in total. The molecule has 4 rings (SSSR count). The number of carbonyl (C=O) groups is 2. The van der Waals surface area contributed by atoms with Crippen LogP contribution in [0.25, 0.3) is 0 Å². The molecule has 0 aliphatic heterocycles. The summed E-state index contributed by atoms with van der Waals surface area (Å²) in [4.78, 5) is 23.8. The molecule has 4 aliphatic carbocycles. The minimum atomic E-state index is -0.386. The van der Waals surface area contributed by atoms with Gasteiger partial charge in [-0.1, -0.05) is 31.6 Å². The fraction of sp³-hybridized carbons (Fsp3) is 0.739. The molecular formula is C23H34N2O3. The first-order chi connectivity index (χ1) is 13.1. The predicted octanol–water partition coefficient (Wildman–Crippen LogP) is 2.85. The van der Waals surface area contributed by atoms with Gasteiger partial charge in [0.25, 0.3) is 0 Å². The number of carbonyl (C=O) groups excluding carboxylic acids is 2. The average molecular weight is 387 g/mol. The van der Waals surface area contributed by atoms with E-state index in [2.05, 4.69) is 30.6 Å². The molecule has 4 aliphatic rings. The molecule has 4 unspecified atom stereocenters. The number of nitrogens with one attached hydrogen (secondary N) is 2. The van der Waals surface area contributed by atoms with E-state index in [1.807, 2.05) is 6.08 Å². The summed E-state index contributed by atoms with van der Waals surface area (Å²) in [6.07, 6.45) is 9.57. The van der Waals surface area contributed by atoms with E-state index in [1.165, 1.54) is 11.1 Å². The highest BCUT2D eigenvalue weighted by Gasteiger charge is 2.57. The van der Waals surface area contributed by atoms with Gasteiger partial charge in [0.1, 0.15) is 0 Å². The molecule has 0 aromatic heterocycles. The van der Waals surface area contributed by atoms with Crippen molar-refractivity contribution in [2.45, 2.75) is 84.4 Å². The Hall–Kier alpha value is -1.62. The highest BCUT2D eigenvalue weighted by atomic mass is 16.3. The normalized spacial score (nSPS) is 44.4. The van der Waals surface area contributed by atoms with Crippen molar-refractivity contribution in [1.29, 1.82) is 0 Å². The van der Waals surface area contributed by atoms with Gasteiger partial charge in [-0.3, -0.25) is 9.59 Å². The summed E-state index contributed by atoms with van der Waals surface area (Å²) < 4.78 is 0. The molecule has 0 aromatic carbocycles. The van der Waals surface area contributed by atoms with Crippen molar-refractivity contribution in [2.75, 3.05) is 0 Å². The quantitative estimate of drug-likeness (QED) is 0.639. The second kappa shape index (κ2) is 6.72. The van der Waals surface area contributed by atoms with Gasteiger partial charge >= 0.3 is 0 Å². The number of aliphatic hydroxyl groups is 1. The molecule has 1 fully saturated rings. The monoisotopic (exact) mass is 386 g/mol. The van der Waals surface area contributed by atoms with E-state index in [4.69, 9.17) is 0 Å². The second-order valence-corrected chi connectivity index (χ2v) is 9.95. The van der Waals surface area contributed by atoms with E-state index in [9.17, 15) is 14.7 Å². The van der Waals surface area contributed by atoms with Crippen LogP contribution in [0, 0.1) is 22.7 Å². The maximum atomic E-state index is 12.0. The topological polar surface area (TPSA) is 78.4 Å². The Balaban J connectivity index is 1.78. The van der Waals surface area contributed by atoms with Crippen molar-refractivity contribution in [2.24, 2.45) is 22.7 Å². The fourth-order valence-electron chi connectivity index (χ4n) is 6.90. The van der Waals surface area contributed by atoms with Crippen LogP contribution in [0.3, 0.4) is 0 Å². The molecule has 0 heterocycles. The number of rotatable bonds is 2. The Kier molecular flexibility index (Phi) is 4.72. The molecule has 28 heavy (non-hydrogen) atoms. The summed E-state index contributed by atoms with van der Waals surface area (Å²) in [5.41, 5.74) is 2.92. The predicted molar refractivity (Wildman–Crippen MR) is 108 cm³/mol. The van der Waals surface area contributed by atoms with Gasteiger partial charge < -0.3 is 15.7 Å². The van der Waals surface area contributed by atoms with E-state index in [1.54, 1.807) is 13.8 Å². The summed E-state index contributed by atoms with van der Waals surface area (Å²) in [6.45, 7) is 7.85. The van der Waals surface area contributed by atoms with Crippen molar-refractivity contribution >= 4 is 11.8 Å². The maximum absolute atomic E-state index is 12.0. The van der Waals surface area contributed by atoms with E-state index >= 15 is 0 Å². The number of aliphatic hydroxyl groups excluding tert-OH is 1. The number of allylic oxidation sites excluding steroid dienone is 2. The van der Waals surface area contributed by atoms with E-state index < -0.39 is 0 Å². The van der Waals surface area contributed by atoms with Crippen LogP contribution in [-0.2, 0) is 9.59 Å². The van der Waals surface area contributed by atoms with Gasteiger partial charge in [-0.05, 0) is 61.3 Å². The van der Waals surface area contributed by atoms with E-state index in [0.717, 1.165) is 38.5 Å². The molecular weight excluding hydrogens is 352 g/mol. The molecule has 7 atom stereocenters. The molecule has 0 bridgehead atoms. The molecule has 154 valence electrons. The van der Waals surface area contributed by atoms with Gasteiger partial charge in [0, 0.05) is 25.3 Å². The maximum Gasteiger partial charge on any atom is 0.217 e. The molecule has 5 heteroatoms. The first-order valence-electron chi connectivity index (χ1n) is 10.8. The van der Waals surface area contributed by atoms with Gasteiger partial charge in [0.05, 0.1) is 12.1 Å². The third-order valence-corrected chi connectivity index (χ3v) is 8.31. The summed E-state index contributed by atoms with van der Waals surface area (Å²) in [5.74, 6) is 0.795. The second-order valence-electron chi connectivity index (χ2n) is 9.95. The van der Waals surface area contributed by atoms with Crippen LogP contribution in [-0.4, -0.2) is 35.1 Å². The Morgan fingerprint density at radius 1 is 1.11 bits per heavy atom. The van der Waals surface area contributed by atoms with Crippen molar-refractivity contribution in [3.8, 4) is 0 Å². The zero-order valence-electron chi connectivity index (χ0n) is 17.5. The average Bonchev–Trinajstić information content (AvgIpc) is 2.92. The fourth-order valence-corrected chi connectivity index (χ4v) is 6.90. The van der Waals surface area contributed by atoms with Crippen LogP contribution in [0.2, 0.25) is 0 Å². The molecule has 0 radical (unpaired) electrons. The van der Waals surface area contributed by atoms with Crippen molar-refractivity contribution in [3.05, 3.63) is 23.3 Å². The number of hydrogen-bond acceptors (Lipinski definition) is 3. The Morgan fingerprint density at radius 2 is 1.82 bits per heavy atom. The van der Waals surface area contributed by atoms with Crippen molar-refractivity contribution < 1.29 is 14.7 Å². The van der Waals surface area contributed by atoms with Crippen LogP contribution in [0.15, 0.2) is 23.3 Å². The minimum Gasteiger partial charge on any atom is -0.389 e. The summed E-state index contributed by atoms with van der Waals surface area (Å²) in [5, 5.41) is 16.7. The molecule has 3 N–H and O–H groups in total. The summed E-state index contributed by atoms with van der Waals surface area (Å²) >= 11 is 0. The van der Waals surface area contributed by atoms with Crippen molar-refractivity contribution in [3.63, 3.8) is 0 Å². The van der Waals surface area contributed by atoms with E-state index in [-0.39, 0.29) is 40.8 Å². The number of amides is 2. The van der Waals surface area contributed by atoms with Gasteiger partial charge in [0.15, 0.2) is 0 Å². The largest absolute Gasteiger partial charge is 0.389 e. The Bertz CT molecular complexity index is 757. The third-order valence-electron chi connectivity index (χ3n) is 8.31. The van der Waals surface area contributed by atoms with Crippen molar-refractivity contribution in [1.82, 2.24) is 10.6 Å². The molecule has 0 aromatic rings. The lowest BCUT2D eigenvalue weighted by atomic mass is 9.52. The van der Waals surface area contributed by atoms with Gasteiger partial charge in [-0.25, -0.2) is 0 Å². The molecule has 0 saturated heterocycles. The standard InChI is InChI=1S/C23H34N2O3/c1-13(26)24-19-12-15-11-16(28)7-9-22(15,3)18-8-10-23(4)17(21(18)19)5-6-20(23)25-14(2)27/h7,9,15-17,19-20,28H,5-6,8,10-12H2,1-4H3,(H,24,26)(H,25,27)/t15?,16?,17-,19?,20?,22-,23-/m0/s1. The molecule has 2 amide bonds. The van der Waals surface area contributed by atoms with Crippen LogP contribution in [0.5, 0.6) is 0 Å². The number of hydrogen-bond donors (Lipinski definition) is 3. The Labute approximate surface area is 168 Å². The Morgan fingerprint density at radius 3 is 2.50 bits per heavy atom. The molecule has 0 spiro atoms. The van der Waals surface area contributed by atoms with Crippen LogP contribution < -0.4 is 10.6 Å². The lowest BCUT2D eigenvalue weighted by molar-refractivity contribution is -0.120. The SMILES string of the molecule is CC(=O)NC1CC2CC(O)C=C[C@]2(C)C2=C1[C@@H]1CCC(NC(C)=O)[C@@]1(C)CC2. The van der Waals surface area contributed by atoms with Gasteiger partial charge in [-0.2, -0.15) is 0 Å². The lowest BCUT2D eigenvalue weighted by Gasteiger charge is -2.55. The van der Waals surface area contributed by atoms with Crippen LogP contribution in [0.1, 0.15) is 66.2 Å². The van der Waals surface area contributed by atoms with Crippen LogP contribution >= 0.6 is 0 Å². The highest BCUT2D eigenvalue weighted by Crippen LogP contribution is 2.62. The van der Waals surface area contributed by atoms with Crippen LogP contribution in [0.4, 0.5) is 0 Å². The van der Waals surface area contributed by atoms with Gasteiger partial charge in [0.2, 0.25) is 11.8 Å². The smallest absolute Gasteiger partial charge is 0.217 e. The highest BCUT2D eigenvalue weighted by molar-refractivity contribution is 5.74. The summed E-state index contributed by atoms with van der Waals surface area (Å²) in [6, 6.07) is 0.251. The van der Waals surface area contributed by atoms with E-state index in [0.29, 0.717) is 11.8 Å². The zero-order chi connectivity index (χ0) is 20.3. The van der Waals surface area contributed by atoms with Gasteiger partial charge in [-0.15, -0.1) is 0 Å². The third kappa shape index (κ3) is 2.94. The zero-order valence-corrected chi connectivity index (χ0v) is 17.5.